The summed E-state index contributed by atoms with van der Waals surface area (Å²) in [5, 5.41) is 0. The number of rotatable bonds is 4. The summed E-state index contributed by atoms with van der Waals surface area (Å²) < 4.78 is 0. The Labute approximate surface area is 107 Å². The van der Waals surface area contributed by atoms with E-state index in [-0.39, 0.29) is 5.91 Å². The van der Waals surface area contributed by atoms with Crippen molar-refractivity contribution in [3.05, 3.63) is 24.3 Å². The Morgan fingerprint density at radius 1 is 1.35 bits per heavy atom. The molecule has 2 N–H and O–H groups in total. The van der Waals surface area contributed by atoms with E-state index in [0.717, 1.165) is 5.69 Å². The second-order valence-corrected chi connectivity index (χ2v) is 5.53. The van der Waals surface area contributed by atoms with Crippen molar-refractivity contribution < 1.29 is 4.79 Å². The predicted octanol–water partition coefficient (Wildman–Crippen LogP) is 2.36. The Morgan fingerprint density at radius 3 is 2.29 bits per heavy atom. The van der Waals surface area contributed by atoms with E-state index < -0.39 is 5.41 Å². The van der Waals surface area contributed by atoms with E-state index in [1.165, 1.54) is 4.90 Å². The van der Waals surface area contributed by atoms with Gasteiger partial charge in [-0.2, -0.15) is 0 Å². The van der Waals surface area contributed by atoms with Gasteiger partial charge in [0.25, 0.3) is 0 Å². The fourth-order valence-corrected chi connectivity index (χ4v) is 1.87. The van der Waals surface area contributed by atoms with Gasteiger partial charge < -0.3 is 10.6 Å². The molecule has 0 atom stereocenters. The monoisotopic (exact) mass is 252 g/mol. The first-order valence-corrected chi connectivity index (χ1v) is 6.77. The van der Waals surface area contributed by atoms with Crippen LogP contribution in [0.4, 0.5) is 5.69 Å². The van der Waals surface area contributed by atoms with E-state index in [1.807, 2.05) is 44.4 Å². The van der Waals surface area contributed by atoms with Crippen molar-refractivity contribution in [1.29, 1.82) is 0 Å². The number of amides is 1. The maximum atomic E-state index is 12.2. The number of carbonyl (C=O) groups excluding carboxylic acids is 1. The Kier molecular flexibility index (Phi) is 4.60. The molecule has 1 rings (SSSR count). The van der Waals surface area contributed by atoms with Crippen LogP contribution in [0.2, 0.25) is 0 Å². The number of benzene rings is 1. The topological polar surface area (TPSA) is 46.3 Å². The zero-order valence-corrected chi connectivity index (χ0v) is 11.7. The fourth-order valence-electron chi connectivity index (χ4n) is 1.46. The van der Waals surface area contributed by atoms with Gasteiger partial charge in [-0.3, -0.25) is 4.79 Å². The van der Waals surface area contributed by atoms with Crippen molar-refractivity contribution in [2.24, 2.45) is 11.1 Å². The molecule has 0 aliphatic heterocycles. The van der Waals surface area contributed by atoms with Gasteiger partial charge >= 0.3 is 0 Å². The molecule has 17 heavy (non-hydrogen) atoms. The first-order chi connectivity index (χ1) is 7.92. The predicted molar refractivity (Wildman–Crippen MR) is 74.5 cm³/mol. The molecule has 94 valence electrons. The summed E-state index contributed by atoms with van der Waals surface area (Å²) in [4.78, 5) is 15.0. The van der Waals surface area contributed by atoms with Crippen LogP contribution in [0.25, 0.3) is 0 Å². The molecule has 3 nitrogen and oxygen atoms in total. The summed E-state index contributed by atoms with van der Waals surface area (Å²) in [7, 11) is 1.79. The highest BCUT2D eigenvalue weighted by Crippen LogP contribution is 2.24. The van der Waals surface area contributed by atoms with Crippen molar-refractivity contribution in [1.82, 2.24) is 0 Å². The van der Waals surface area contributed by atoms with Gasteiger partial charge in [-0.15, -0.1) is 11.8 Å². The lowest BCUT2D eigenvalue weighted by Crippen LogP contribution is -2.42. The van der Waals surface area contributed by atoms with Crippen molar-refractivity contribution in [3.63, 3.8) is 0 Å². The van der Waals surface area contributed by atoms with Crippen molar-refractivity contribution >= 4 is 23.4 Å². The third-order valence-corrected chi connectivity index (χ3v) is 3.60. The molecule has 0 saturated carbocycles. The standard InChI is InChI=1S/C13H20N2OS/c1-13(2,9-14)12(16)15(3)10-5-7-11(17-4)8-6-10/h5-8H,9,14H2,1-4H3. The van der Waals surface area contributed by atoms with Gasteiger partial charge in [0.1, 0.15) is 0 Å². The number of nitrogens with two attached hydrogens (primary N) is 1. The van der Waals surface area contributed by atoms with E-state index in [2.05, 4.69) is 0 Å². The second kappa shape index (κ2) is 5.56. The van der Waals surface area contributed by atoms with Gasteiger partial charge in [-0.1, -0.05) is 0 Å². The first kappa shape index (κ1) is 14.1. The molecule has 0 bridgehead atoms. The van der Waals surface area contributed by atoms with Crippen LogP contribution in [0.5, 0.6) is 0 Å². The minimum atomic E-state index is -0.521. The van der Waals surface area contributed by atoms with Gasteiger partial charge in [0.05, 0.1) is 5.41 Å². The molecule has 0 radical (unpaired) electrons. The van der Waals surface area contributed by atoms with Crippen LogP contribution in [0.3, 0.4) is 0 Å². The minimum absolute atomic E-state index is 0.0388. The molecule has 4 heteroatoms. The minimum Gasteiger partial charge on any atom is -0.329 e. The quantitative estimate of drug-likeness (QED) is 0.837. The highest BCUT2D eigenvalue weighted by molar-refractivity contribution is 7.98. The average Bonchev–Trinajstić information content (AvgIpc) is 2.37. The highest BCUT2D eigenvalue weighted by atomic mass is 32.2. The van der Waals surface area contributed by atoms with Crippen LogP contribution < -0.4 is 10.6 Å². The van der Waals surface area contributed by atoms with E-state index in [1.54, 1.807) is 23.7 Å². The van der Waals surface area contributed by atoms with Gasteiger partial charge in [-0.05, 0) is 44.4 Å². The first-order valence-electron chi connectivity index (χ1n) is 5.54. The molecule has 0 saturated heterocycles. The van der Waals surface area contributed by atoms with E-state index in [9.17, 15) is 4.79 Å². The van der Waals surface area contributed by atoms with Crippen LogP contribution in [0.1, 0.15) is 13.8 Å². The van der Waals surface area contributed by atoms with Gasteiger partial charge in [0, 0.05) is 24.2 Å². The normalized spacial score (nSPS) is 11.4. The molecular weight excluding hydrogens is 232 g/mol. The van der Waals surface area contributed by atoms with Crippen LogP contribution >= 0.6 is 11.8 Å². The lowest BCUT2D eigenvalue weighted by atomic mass is 9.92. The van der Waals surface area contributed by atoms with Crippen molar-refractivity contribution in [2.75, 3.05) is 24.7 Å². The van der Waals surface area contributed by atoms with Gasteiger partial charge in [0.15, 0.2) is 0 Å². The summed E-state index contributed by atoms with van der Waals surface area (Å²) in [6, 6.07) is 7.94. The Hall–Kier alpha value is -1.00. The molecule has 0 heterocycles. The maximum Gasteiger partial charge on any atom is 0.233 e. The second-order valence-electron chi connectivity index (χ2n) is 4.65. The molecule has 0 aliphatic carbocycles. The number of hydrogen-bond donors (Lipinski definition) is 1. The summed E-state index contributed by atoms with van der Waals surface area (Å²) in [5.74, 6) is 0.0388. The molecule has 0 aromatic heterocycles. The summed E-state index contributed by atoms with van der Waals surface area (Å²) >= 11 is 1.68. The molecular formula is C13H20N2OS. The fraction of sp³-hybridized carbons (Fsp3) is 0.462. The SMILES string of the molecule is CSc1ccc(N(C)C(=O)C(C)(C)CN)cc1. The molecule has 1 amide bonds. The zero-order valence-electron chi connectivity index (χ0n) is 10.9. The van der Waals surface area contributed by atoms with Crippen molar-refractivity contribution in [3.8, 4) is 0 Å². The molecule has 0 spiro atoms. The van der Waals surface area contributed by atoms with Crippen molar-refractivity contribution in [2.45, 2.75) is 18.7 Å². The summed E-state index contributed by atoms with van der Waals surface area (Å²) in [6.07, 6.45) is 2.03. The Balaban J connectivity index is 2.88. The lowest BCUT2D eigenvalue weighted by Gasteiger charge is -2.28. The van der Waals surface area contributed by atoms with E-state index in [0.29, 0.717) is 6.54 Å². The average molecular weight is 252 g/mol. The molecule has 1 aromatic carbocycles. The lowest BCUT2D eigenvalue weighted by molar-refractivity contribution is -0.125. The van der Waals surface area contributed by atoms with Crippen LogP contribution in [-0.4, -0.2) is 25.8 Å². The zero-order chi connectivity index (χ0) is 13.1. The van der Waals surface area contributed by atoms with E-state index >= 15 is 0 Å². The molecule has 0 aliphatic rings. The Bertz CT molecular complexity index is 387. The van der Waals surface area contributed by atoms with E-state index in [4.69, 9.17) is 5.73 Å². The largest absolute Gasteiger partial charge is 0.329 e. The maximum absolute atomic E-state index is 12.2. The van der Waals surface area contributed by atoms with Gasteiger partial charge in [-0.25, -0.2) is 0 Å². The Morgan fingerprint density at radius 2 is 1.88 bits per heavy atom. The number of thioether (sulfide) groups is 1. The third kappa shape index (κ3) is 3.23. The van der Waals surface area contributed by atoms with Crippen LogP contribution in [0, 0.1) is 5.41 Å². The summed E-state index contributed by atoms with van der Waals surface area (Å²) in [5.41, 5.74) is 5.99. The van der Waals surface area contributed by atoms with Crippen LogP contribution in [0.15, 0.2) is 29.2 Å². The molecule has 0 fully saturated rings. The third-order valence-electron chi connectivity index (χ3n) is 2.85. The smallest absolute Gasteiger partial charge is 0.233 e. The number of nitrogens with zero attached hydrogens (tertiary/aromatic N) is 1. The van der Waals surface area contributed by atoms with Crippen LogP contribution in [-0.2, 0) is 4.79 Å². The summed E-state index contributed by atoms with van der Waals surface area (Å²) in [6.45, 7) is 4.07. The molecule has 1 aromatic rings. The van der Waals surface area contributed by atoms with Gasteiger partial charge in [0.2, 0.25) is 5.91 Å². The molecule has 0 unspecified atom stereocenters. The number of carbonyl (C=O) groups is 1. The number of hydrogen-bond acceptors (Lipinski definition) is 3. The number of anilines is 1. The highest BCUT2D eigenvalue weighted by Gasteiger charge is 2.29.